The second kappa shape index (κ2) is 5.21. The second-order valence-electron chi connectivity index (χ2n) is 3.09. The second-order valence-corrected chi connectivity index (χ2v) is 4.82. The number of benzene rings is 1. The summed E-state index contributed by atoms with van der Waals surface area (Å²) < 4.78 is 19.5. The number of rotatable bonds is 2. The molecule has 1 heterocycles. The Labute approximate surface area is 115 Å². The van der Waals surface area contributed by atoms with Crippen LogP contribution in [0.3, 0.4) is 0 Å². The predicted molar refractivity (Wildman–Crippen MR) is 68.4 cm³/mol. The zero-order valence-corrected chi connectivity index (χ0v) is 11.4. The molecule has 0 fully saturated rings. The summed E-state index contributed by atoms with van der Waals surface area (Å²) in [4.78, 5) is 3.93. The summed E-state index contributed by atoms with van der Waals surface area (Å²) in [5, 5.41) is 0.259. The molecule has 2 aromatic rings. The summed E-state index contributed by atoms with van der Waals surface area (Å²) in [6, 6.07) is 6.06. The molecule has 0 bridgehead atoms. The van der Waals surface area contributed by atoms with E-state index < -0.39 is 5.82 Å². The fraction of sp³-hybridized carbons (Fsp3) is 0. The van der Waals surface area contributed by atoms with Gasteiger partial charge in [0.25, 0.3) is 0 Å². The van der Waals surface area contributed by atoms with Crippen LogP contribution < -0.4 is 4.74 Å². The third kappa shape index (κ3) is 2.89. The fourth-order valence-corrected chi connectivity index (χ4v) is 1.98. The quantitative estimate of drug-likeness (QED) is 0.762. The predicted octanol–water partition coefficient (Wildman–Crippen LogP) is 5.08. The van der Waals surface area contributed by atoms with Gasteiger partial charge >= 0.3 is 0 Å². The largest absolute Gasteiger partial charge is 0.434 e. The summed E-state index contributed by atoms with van der Waals surface area (Å²) in [5.41, 5.74) is 0. The summed E-state index contributed by atoms with van der Waals surface area (Å²) in [7, 11) is 0. The molecule has 0 atom stereocenters. The SMILES string of the molecule is Fc1c(Cl)cccc1Oc1ncc(Br)cc1Cl. The normalized spacial score (nSPS) is 10.4. The summed E-state index contributed by atoms with van der Waals surface area (Å²) >= 11 is 14.7. The van der Waals surface area contributed by atoms with E-state index in [1.807, 2.05) is 0 Å². The monoisotopic (exact) mass is 335 g/mol. The highest BCUT2D eigenvalue weighted by molar-refractivity contribution is 9.10. The molecule has 0 spiro atoms. The van der Waals surface area contributed by atoms with Gasteiger partial charge < -0.3 is 4.74 Å². The molecule has 0 unspecified atom stereocenters. The van der Waals surface area contributed by atoms with Crippen LogP contribution in [0.1, 0.15) is 0 Å². The van der Waals surface area contributed by atoms with Crippen molar-refractivity contribution in [1.82, 2.24) is 4.98 Å². The van der Waals surface area contributed by atoms with E-state index in [0.717, 1.165) is 0 Å². The molecule has 1 aromatic carbocycles. The van der Waals surface area contributed by atoms with E-state index in [0.29, 0.717) is 4.47 Å². The van der Waals surface area contributed by atoms with E-state index in [-0.39, 0.29) is 21.7 Å². The molecule has 17 heavy (non-hydrogen) atoms. The van der Waals surface area contributed by atoms with Crippen LogP contribution in [-0.4, -0.2) is 4.98 Å². The summed E-state index contributed by atoms with van der Waals surface area (Å²) in [6.07, 6.45) is 1.50. The Hall–Kier alpha value is -0.840. The molecule has 0 saturated heterocycles. The lowest BCUT2D eigenvalue weighted by Gasteiger charge is -2.07. The smallest absolute Gasteiger partial charge is 0.238 e. The van der Waals surface area contributed by atoms with Gasteiger partial charge in [-0.3, -0.25) is 0 Å². The first kappa shape index (κ1) is 12.6. The first-order valence-electron chi connectivity index (χ1n) is 4.51. The Morgan fingerprint density at radius 3 is 2.71 bits per heavy atom. The van der Waals surface area contributed by atoms with E-state index in [1.165, 1.54) is 18.3 Å². The third-order valence-corrected chi connectivity index (χ3v) is 2.89. The Bertz CT molecular complexity index is 565. The minimum Gasteiger partial charge on any atom is -0.434 e. The summed E-state index contributed by atoms with van der Waals surface area (Å²) in [6.45, 7) is 0. The first-order valence-corrected chi connectivity index (χ1v) is 6.05. The van der Waals surface area contributed by atoms with E-state index in [2.05, 4.69) is 20.9 Å². The van der Waals surface area contributed by atoms with Gasteiger partial charge in [-0.25, -0.2) is 9.37 Å². The number of aromatic nitrogens is 1. The van der Waals surface area contributed by atoms with Crippen molar-refractivity contribution in [1.29, 1.82) is 0 Å². The van der Waals surface area contributed by atoms with Crippen molar-refractivity contribution in [2.75, 3.05) is 0 Å². The van der Waals surface area contributed by atoms with Gasteiger partial charge in [-0.15, -0.1) is 0 Å². The highest BCUT2D eigenvalue weighted by atomic mass is 79.9. The highest BCUT2D eigenvalue weighted by Gasteiger charge is 2.11. The number of pyridine rings is 1. The van der Waals surface area contributed by atoms with Crippen LogP contribution in [0, 0.1) is 5.82 Å². The van der Waals surface area contributed by atoms with Gasteiger partial charge in [-0.1, -0.05) is 29.3 Å². The number of halogens is 4. The van der Waals surface area contributed by atoms with Crippen LogP contribution >= 0.6 is 39.1 Å². The number of nitrogens with zero attached hydrogens (tertiary/aromatic N) is 1. The topological polar surface area (TPSA) is 22.1 Å². The lowest BCUT2D eigenvalue weighted by Crippen LogP contribution is -1.92. The fourth-order valence-electron chi connectivity index (χ4n) is 1.14. The van der Waals surface area contributed by atoms with Crippen molar-refractivity contribution in [2.24, 2.45) is 0 Å². The van der Waals surface area contributed by atoms with Gasteiger partial charge in [-0.2, -0.15) is 0 Å². The molecule has 0 saturated carbocycles. The number of hydrogen-bond donors (Lipinski definition) is 0. The van der Waals surface area contributed by atoms with E-state index in [9.17, 15) is 4.39 Å². The Kier molecular flexibility index (Phi) is 3.86. The average Bonchev–Trinajstić information content (AvgIpc) is 2.28. The van der Waals surface area contributed by atoms with Crippen molar-refractivity contribution in [3.63, 3.8) is 0 Å². The molecular weight excluding hydrogens is 332 g/mol. The van der Waals surface area contributed by atoms with Crippen LogP contribution in [0.25, 0.3) is 0 Å². The molecule has 2 nitrogen and oxygen atoms in total. The molecule has 0 radical (unpaired) electrons. The van der Waals surface area contributed by atoms with Gasteiger partial charge in [0.15, 0.2) is 11.6 Å². The van der Waals surface area contributed by atoms with Gasteiger partial charge in [-0.05, 0) is 34.1 Å². The van der Waals surface area contributed by atoms with Gasteiger partial charge in [0.2, 0.25) is 5.88 Å². The lowest BCUT2D eigenvalue weighted by atomic mass is 10.3. The van der Waals surface area contributed by atoms with Crippen molar-refractivity contribution >= 4 is 39.1 Å². The van der Waals surface area contributed by atoms with Crippen LogP contribution in [-0.2, 0) is 0 Å². The summed E-state index contributed by atoms with van der Waals surface area (Å²) in [5.74, 6) is -0.541. The van der Waals surface area contributed by atoms with Crippen molar-refractivity contribution in [3.05, 3.63) is 50.8 Å². The molecule has 0 N–H and O–H groups in total. The van der Waals surface area contributed by atoms with Gasteiger partial charge in [0, 0.05) is 10.7 Å². The molecule has 0 aliphatic heterocycles. The third-order valence-electron chi connectivity index (χ3n) is 1.90. The van der Waals surface area contributed by atoms with E-state index >= 15 is 0 Å². The van der Waals surface area contributed by atoms with Crippen LogP contribution in [0.15, 0.2) is 34.9 Å². The first-order chi connectivity index (χ1) is 8.08. The average molecular weight is 337 g/mol. The maximum absolute atomic E-state index is 13.6. The van der Waals surface area contributed by atoms with Crippen LogP contribution in [0.2, 0.25) is 10.0 Å². The molecular formula is C11H5BrCl2FNO. The van der Waals surface area contributed by atoms with Gasteiger partial charge in [0.05, 0.1) is 5.02 Å². The van der Waals surface area contributed by atoms with Crippen LogP contribution in [0.4, 0.5) is 4.39 Å². The number of hydrogen-bond acceptors (Lipinski definition) is 2. The van der Waals surface area contributed by atoms with E-state index in [1.54, 1.807) is 12.1 Å². The van der Waals surface area contributed by atoms with Crippen molar-refractivity contribution in [3.8, 4) is 11.6 Å². The van der Waals surface area contributed by atoms with Crippen LogP contribution in [0.5, 0.6) is 11.6 Å². The van der Waals surface area contributed by atoms with Gasteiger partial charge in [0.1, 0.15) is 5.02 Å². The maximum atomic E-state index is 13.6. The molecule has 88 valence electrons. The molecule has 2 rings (SSSR count). The lowest BCUT2D eigenvalue weighted by molar-refractivity contribution is 0.428. The zero-order valence-electron chi connectivity index (χ0n) is 8.25. The van der Waals surface area contributed by atoms with Crippen molar-refractivity contribution < 1.29 is 9.13 Å². The van der Waals surface area contributed by atoms with Crippen molar-refractivity contribution in [2.45, 2.75) is 0 Å². The molecule has 0 amide bonds. The highest BCUT2D eigenvalue weighted by Crippen LogP contribution is 2.32. The standard InChI is InChI=1S/C11H5BrCl2FNO/c12-6-4-8(14)11(16-5-6)17-9-3-1-2-7(13)10(9)15/h1-5H. The molecule has 1 aromatic heterocycles. The van der Waals surface area contributed by atoms with E-state index in [4.69, 9.17) is 27.9 Å². The minimum absolute atomic E-state index is 0.0178. The Balaban J connectivity index is 2.35. The zero-order chi connectivity index (χ0) is 12.4. The Morgan fingerprint density at radius 1 is 1.24 bits per heavy atom. The molecule has 0 aliphatic carbocycles. The number of ether oxygens (including phenoxy) is 1. The minimum atomic E-state index is -0.644. The maximum Gasteiger partial charge on any atom is 0.238 e. The molecule has 6 heteroatoms. The Morgan fingerprint density at radius 2 is 2.00 bits per heavy atom. The molecule has 0 aliphatic rings.